The number of hydrogen-bond donors (Lipinski definition) is 2. The Kier molecular flexibility index (Phi) is 4.15. The van der Waals surface area contributed by atoms with Gasteiger partial charge in [0.15, 0.2) is 0 Å². The van der Waals surface area contributed by atoms with Gasteiger partial charge >= 0.3 is 0 Å². The third-order valence-electron chi connectivity index (χ3n) is 3.41. The Morgan fingerprint density at radius 2 is 2.44 bits per heavy atom. The van der Waals surface area contributed by atoms with Crippen LogP contribution >= 0.6 is 0 Å². The van der Waals surface area contributed by atoms with Crippen molar-refractivity contribution in [2.24, 2.45) is 11.7 Å². The van der Waals surface area contributed by atoms with Crippen molar-refractivity contribution in [2.75, 3.05) is 24.6 Å². The van der Waals surface area contributed by atoms with Gasteiger partial charge in [-0.2, -0.15) is 0 Å². The molecular weight excluding hydrogens is 230 g/mol. The zero-order chi connectivity index (χ0) is 13.0. The molecule has 1 saturated heterocycles. The van der Waals surface area contributed by atoms with E-state index in [9.17, 15) is 4.79 Å². The molecule has 1 atom stereocenters. The molecule has 0 aliphatic carbocycles. The average Bonchev–Trinajstić information content (AvgIpc) is 2.39. The second kappa shape index (κ2) is 5.82. The molecule has 0 aromatic carbocycles. The number of aromatic nitrogens is 1. The van der Waals surface area contributed by atoms with Crippen molar-refractivity contribution in [3.05, 3.63) is 23.9 Å². The summed E-state index contributed by atoms with van der Waals surface area (Å²) >= 11 is 0. The first kappa shape index (κ1) is 12.8. The van der Waals surface area contributed by atoms with Gasteiger partial charge < -0.3 is 15.7 Å². The molecule has 5 heteroatoms. The molecule has 2 rings (SSSR count). The summed E-state index contributed by atoms with van der Waals surface area (Å²) in [5, 5.41) is 9.01. The van der Waals surface area contributed by atoms with Crippen molar-refractivity contribution >= 4 is 11.7 Å². The van der Waals surface area contributed by atoms with Gasteiger partial charge in [0.25, 0.3) is 5.91 Å². The molecule has 1 fully saturated rings. The Balaban J connectivity index is 2.18. The normalized spacial score (nSPS) is 19.8. The van der Waals surface area contributed by atoms with E-state index in [0.29, 0.717) is 17.3 Å². The van der Waals surface area contributed by atoms with Crippen molar-refractivity contribution in [1.82, 2.24) is 4.98 Å². The summed E-state index contributed by atoms with van der Waals surface area (Å²) in [6, 6.07) is 3.43. The number of rotatable bonds is 4. The van der Waals surface area contributed by atoms with Crippen LogP contribution in [0.3, 0.4) is 0 Å². The minimum absolute atomic E-state index is 0.212. The van der Waals surface area contributed by atoms with Crippen molar-refractivity contribution in [3.8, 4) is 0 Å². The Morgan fingerprint density at radius 3 is 3.17 bits per heavy atom. The van der Waals surface area contributed by atoms with Gasteiger partial charge in [-0.25, -0.2) is 4.98 Å². The second-order valence-corrected chi connectivity index (χ2v) is 4.71. The van der Waals surface area contributed by atoms with Crippen molar-refractivity contribution in [3.63, 3.8) is 0 Å². The Morgan fingerprint density at radius 1 is 1.61 bits per heavy atom. The number of hydrogen-bond acceptors (Lipinski definition) is 4. The lowest BCUT2D eigenvalue weighted by Crippen LogP contribution is -2.37. The van der Waals surface area contributed by atoms with Gasteiger partial charge in [-0.3, -0.25) is 4.79 Å². The van der Waals surface area contributed by atoms with Crippen LogP contribution in [0.25, 0.3) is 0 Å². The Labute approximate surface area is 107 Å². The van der Waals surface area contributed by atoms with E-state index in [1.54, 1.807) is 18.3 Å². The first-order chi connectivity index (χ1) is 8.72. The minimum Gasteiger partial charge on any atom is -0.396 e. The molecule has 1 unspecified atom stereocenters. The number of piperidine rings is 1. The standard InChI is InChI=1S/C13H19N3O2/c14-12(18)11-4-1-6-15-13(11)16-7-2-3-10(9-16)5-8-17/h1,4,6,10,17H,2-3,5,7-9H2,(H2,14,18). The lowest BCUT2D eigenvalue weighted by Gasteiger charge is -2.34. The van der Waals surface area contributed by atoms with E-state index in [0.717, 1.165) is 32.4 Å². The molecule has 0 radical (unpaired) electrons. The van der Waals surface area contributed by atoms with E-state index in [-0.39, 0.29) is 6.61 Å². The maximum Gasteiger partial charge on any atom is 0.252 e. The molecule has 0 saturated carbocycles. The molecule has 98 valence electrons. The van der Waals surface area contributed by atoms with E-state index < -0.39 is 5.91 Å². The lowest BCUT2D eigenvalue weighted by molar-refractivity contribution is 0.1000. The van der Waals surface area contributed by atoms with E-state index in [4.69, 9.17) is 10.8 Å². The highest BCUT2D eigenvalue weighted by Gasteiger charge is 2.23. The van der Waals surface area contributed by atoms with Crippen LogP contribution in [0.15, 0.2) is 18.3 Å². The minimum atomic E-state index is -0.442. The van der Waals surface area contributed by atoms with E-state index in [1.165, 1.54) is 0 Å². The third-order valence-corrected chi connectivity index (χ3v) is 3.41. The number of nitrogens with two attached hydrogens (primary N) is 1. The number of aliphatic hydroxyl groups excluding tert-OH is 1. The monoisotopic (exact) mass is 249 g/mol. The SMILES string of the molecule is NC(=O)c1cccnc1N1CCCC(CCO)C1. The van der Waals surface area contributed by atoms with Crippen LogP contribution in [0, 0.1) is 5.92 Å². The van der Waals surface area contributed by atoms with Crippen LogP contribution in [0.4, 0.5) is 5.82 Å². The van der Waals surface area contributed by atoms with Gasteiger partial charge in [0.1, 0.15) is 5.82 Å². The van der Waals surface area contributed by atoms with Gasteiger partial charge in [0, 0.05) is 25.9 Å². The smallest absolute Gasteiger partial charge is 0.252 e. The van der Waals surface area contributed by atoms with Crippen LogP contribution in [0.5, 0.6) is 0 Å². The molecular formula is C13H19N3O2. The van der Waals surface area contributed by atoms with Crippen LogP contribution < -0.4 is 10.6 Å². The molecule has 1 aromatic rings. The van der Waals surface area contributed by atoms with Crippen molar-refractivity contribution in [2.45, 2.75) is 19.3 Å². The fraction of sp³-hybridized carbons (Fsp3) is 0.538. The molecule has 0 spiro atoms. The number of primary amides is 1. The van der Waals surface area contributed by atoms with Crippen LogP contribution in [-0.4, -0.2) is 35.7 Å². The molecule has 1 amide bonds. The average molecular weight is 249 g/mol. The molecule has 1 aliphatic heterocycles. The second-order valence-electron chi connectivity index (χ2n) is 4.71. The fourth-order valence-electron chi connectivity index (χ4n) is 2.52. The molecule has 0 bridgehead atoms. The quantitative estimate of drug-likeness (QED) is 0.826. The van der Waals surface area contributed by atoms with Gasteiger partial charge in [0.05, 0.1) is 5.56 Å². The van der Waals surface area contributed by atoms with Gasteiger partial charge in [-0.05, 0) is 37.3 Å². The Hall–Kier alpha value is -1.62. The van der Waals surface area contributed by atoms with Crippen LogP contribution in [0.1, 0.15) is 29.6 Å². The zero-order valence-corrected chi connectivity index (χ0v) is 10.4. The van der Waals surface area contributed by atoms with Crippen molar-refractivity contribution < 1.29 is 9.90 Å². The zero-order valence-electron chi connectivity index (χ0n) is 10.4. The molecule has 18 heavy (non-hydrogen) atoms. The van der Waals surface area contributed by atoms with E-state index in [1.807, 2.05) is 0 Å². The number of pyridine rings is 1. The topological polar surface area (TPSA) is 79.5 Å². The highest BCUT2D eigenvalue weighted by molar-refractivity contribution is 5.97. The lowest BCUT2D eigenvalue weighted by atomic mass is 9.95. The van der Waals surface area contributed by atoms with Gasteiger partial charge in [-0.15, -0.1) is 0 Å². The van der Waals surface area contributed by atoms with E-state index >= 15 is 0 Å². The summed E-state index contributed by atoms with van der Waals surface area (Å²) in [4.78, 5) is 17.8. The summed E-state index contributed by atoms with van der Waals surface area (Å²) < 4.78 is 0. The highest BCUT2D eigenvalue weighted by Crippen LogP contribution is 2.25. The molecule has 5 nitrogen and oxygen atoms in total. The van der Waals surface area contributed by atoms with Gasteiger partial charge in [0.2, 0.25) is 0 Å². The number of carbonyl (C=O) groups excluding carboxylic acids is 1. The maximum atomic E-state index is 11.4. The third kappa shape index (κ3) is 2.79. The number of anilines is 1. The summed E-state index contributed by atoms with van der Waals surface area (Å²) in [6.45, 7) is 1.93. The molecule has 2 heterocycles. The van der Waals surface area contributed by atoms with E-state index in [2.05, 4.69) is 9.88 Å². The predicted molar refractivity (Wildman–Crippen MR) is 69.4 cm³/mol. The van der Waals surface area contributed by atoms with Crippen LogP contribution in [0.2, 0.25) is 0 Å². The Bertz CT molecular complexity index is 420. The first-order valence-electron chi connectivity index (χ1n) is 6.33. The van der Waals surface area contributed by atoms with Gasteiger partial charge in [-0.1, -0.05) is 0 Å². The van der Waals surface area contributed by atoms with Crippen molar-refractivity contribution in [1.29, 1.82) is 0 Å². The molecule has 1 aromatic heterocycles. The number of aliphatic hydroxyl groups is 1. The largest absolute Gasteiger partial charge is 0.396 e. The predicted octanol–water partition coefficient (Wildman–Crippen LogP) is 0.779. The summed E-state index contributed by atoms with van der Waals surface area (Å²) in [5.41, 5.74) is 5.84. The van der Waals surface area contributed by atoms with Crippen LogP contribution in [-0.2, 0) is 0 Å². The molecule has 1 aliphatic rings. The first-order valence-corrected chi connectivity index (χ1v) is 6.33. The number of nitrogens with zero attached hydrogens (tertiary/aromatic N) is 2. The fourth-order valence-corrected chi connectivity index (χ4v) is 2.52. The summed E-state index contributed by atoms with van der Waals surface area (Å²) in [6.07, 6.45) is 4.65. The number of amides is 1. The summed E-state index contributed by atoms with van der Waals surface area (Å²) in [7, 11) is 0. The number of carbonyl (C=O) groups is 1. The summed E-state index contributed by atoms with van der Waals surface area (Å²) in [5.74, 6) is 0.696. The highest BCUT2D eigenvalue weighted by atomic mass is 16.3. The maximum absolute atomic E-state index is 11.4. The molecule has 3 N–H and O–H groups in total.